The minimum absolute atomic E-state index is 0.720. The molecule has 6 heteroatoms. The zero-order chi connectivity index (χ0) is 15.3. The smallest absolute Gasteiger partial charge is 0.191 e. The Labute approximate surface area is 132 Å². The van der Waals surface area contributed by atoms with Gasteiger partial charge in [0.15, 0.2) is 5.96 Å². The van der Waals surface area contributed by atoms with E-state index in [4.69, 9.17) is 4.74 Å². The van der Waals surface area contributed by atoms with Gasteiger partial charge in [0.25, 0.3) is 0 Å². The quantitative estimate of drug-likeness (QED) is 0.396. The monoisotopic (exact) mass is 312 g/mol. The normalized spacial score (nSPS) is 11.7. The average Bonchev–Trinajstić information content (AvgIpc) is 2.97. The molecule has 0 amide bonds. The molecule has 0 spiro atoms. The molecule has 1 aromatic heterocycles. The fourth-order valence-electron chi connectivity index (χ4n) is 1.70. The van der Waals surface area contributed by atoms with Gasteiger partial charge in [-0.25, -0.2) is 4.98 Å². The third-order valence-corrected chi connectivity index (χ3v) is 4.12. The second kappa shape index (κ2) is 11.5. The highest BCUT2D eigenvalue weighted by Crippen LogP contribution is 2.12. The Morgan fingerprint density at radius 2 is 2.10 bits per heavy atom. The standard InChI is InChI=1S/C15H28N4OS/c1-4-6-9-20-10-7-8-17-15(16-3)19-12-14-18-11-13(5-2)21-14/h11H,4-10,12H2,1-3H3,(H2,16,17,19). The zero-order valence-electron chi connectivity index (χ0n) is 13.4. The van der Waals surface area contributed by atoms with Crippen molar-refractivity contribution >= 4 is 17.3 Å². The minimum Gasteiger partial charge on any atom is -0.381 e. The van der Waals surface area contributed by atoms with Crippen LogP contribution in [0.5, 0.6) is 0 Å². The van der Waals surface area contributed by atoms with Crippen LogP contribution in [-0.2, 0) is 17.7 Å². The molecule has 2 N–H and O–H groups in total. The van der Waals surface area contributed by atoms with Crippen LogP contribution in [0.15, 0.2) is 11.2 Å². The van der Waals surface area contributed by atoms with E-state index in [1.165, 1.54) is 11.3 Å². The topological polar surface area (TPSA) is 58.5 Å². The van der Waals surface area contributed by atoms with E-state index in [9.17, 15) is 0 Å². The lowest BCUT2D eigenvalue weighted by Crippen LogP contribution is -2.37. The van der Waals surface area contributed by atoms with Gasteiger partial charge in [-0.15, -0.1) is 11.3 Å². The Balaban J connectivity index is 2.11. The van der Waals surface area contributed by atoms with E-state index in [0.29, 0.717) is 0 Å². The summed E-state index contributed by atoms with van der Waals surface area (Å²) < 4.78 is 5.53. The Kier molecular flexibility index (Phi) is 9.82. The first kappa shape index (κ1) is 17.9. The second-order valence-electron chi connectivity index (χ2n) is 4.75. The van der Waals surface area contributed by atoms with Crippen molar-refractivity contribution < 1.29 is 4.74 Å². The van der Waals surface area contributed by atoms with Crippen LogP contribution in [0.1, 0.15) is 43.0 Å². The molecule has 0 saturated carbocycles. The van der Waals surface area contributed by atoms with Crippen LogP contribution in [0.2, 0.25) is 0 Å². The molecule has 1 heterocycles. The Morgan fingerprint density at radius 1 is 1.29 bits per heavy atom. The van der Waals surface area contributed by atoms with Gasteiger partial charge >= 0.3 is 0 Å². The summed E-state index contributed by atoms with van der Waals surface area (Å²) in [7, 11) is 1.78. The van der Waals surface area contributed by atoms with E-state index in [1.807, 2.05) is 6.20 Å². The van der Waals surface area contributed by atoms with Gasteiger partial charge < -0.3 is 15.4 Å². The van der Waals surface area contributed by atoms with E-state index >= 15 is 0 Å². The number of aliphatic imine (C=N–C) groups is 1. The van der Waals surface area contributed by atoms with Gasteiger partial charge in [0.1, 0.15) is 5.01 Å². The van der Waals surface area contributed by atoms with Gasteiger partial charge in [0.05, 0.1) is 6.54 Å². The fourth-order valence-corrected chi connectivity index (χ4v) is 2.50. The molecule has 1 aromatic rings. The SMILES string of the molecule is CCCCOCCCNC(=NC)NCc1ncc(CC)s1. The summed E-state index contributed by atoms with van der Waals surface area (Å²) in [4.78, 5) is 9.91. The van der Waals surface area contributed by atoms with Crippen molar-refractivity contribution in [2.24, 2.45) is 4.99 Å². The van der Waals surface area contributed by atoms with Gasteiger partial charge in [-0.2, -0.15) is 0 Å². The molecule has 5 nitrogen and oxygen atoms in total. The molecule has 0 radical (unpaired) electrons. The fraction of sp³-hybridized carbons (Fsp3) is 0.733. The number of guanidine groups is 1. The van der Waals surface area contributed by atoms with Crippen LogP contribution in [0, 0.1) is 0 Å². The summed E-state index contributed by atoms with van der Waals surface area (Å²) in [5.41, 5.74) is 0. The molecule has 21 heavy (non-hydrogen) atoms. The van der Waals surface area contributed by atoms with Gasteiger partial charge in [-0.3, -0.25) is 4.99 Å². The van der Waals surface area contributed by atoms with E-state index < -0.39 is 0 Å². The van der Waals surface area contributed by atoms with E-state index in [1.54, 1.807) is 18.4 Å². The average molecular weight is 312 g/mol. The largest absolute Gasteiger partial charge is 0.381 e. The molecule has 0 aromatic carbocycles. The highest BCUT2D eigenvalue weighted by atomic mass is 32.1. The van der Waals surface area contributed by atoms with E-state index in [0.717, 1.165) is 56.5 Å². The van der Waals surface area contributed by atoms with Crippen molar-refractivity contribution in [3.05, 3.63) is 16.1 Å². The number of nitrogens with zero attached hydrogens (tertiary/aromatic N) is 2. The first-order chi connectivity index (χ1) is 10.3. The summed E-state index contributed by atoms with van der Waals surface area (Å²) in [6.07, 6.45) is 6.31. The minimum atomic E-state index is 0.720. The molecule has 0 aliphatic carbocycles. The molecule has 0 bridgehead atoms. The van der Waals surface area contributed by atoms with Gasteiger partial charge in [0.2, 0.25) is 0 Å². The number of aromatic nitrogens is 1. The molecule has 0 saturated heterocycles. The van der Waals surface area contributed by atoms with Crippen molar-refractivity contribution in [3.63, 3.8) is 0 Å². The molecular formula is C15H28N4OS. The molecule has 0 fully saturated rings. The van der Waals surface area contributed by atoms with Gasteiger partial charge in [0, 0.05) is 37.9 Å². The molecule has 0 aliphatic heterocycles. The van der Waals surface area contributed by atoms with Gasteiger partial charge in [-0.05, 0) is 19.3 Å². The number of thiazole rings is 1. The summed E-state index contributed by atoms with van der Waals surface area (Å²) in [6.45, 7) is 7.57. The Hall–Kier alpha value is -1.14. The lowest BCUT2D eigenvalue weighted by molar-refractivity contribution is 0.129. The van der Waals surface area contributed by atoms with Crippen LogP contribution in [0.3, 0.4) is 0 Å². The third-order valence-electron chi connectivity index (χ3n) is 2.98. The van der Waals surface area contributed by atoms with Crippen LogP contribution in [0.4, 0.5) is 0 Å². The molecule has 0 aliphatic rings. The lowest BCUT2D eigenvalue weighted by atomic mass is 10.4. The molecule has 0 unspecified atom stereocenters. The summed E-state index contributed by atoms with van der Waals surface area (Å²) in [6, 6.07) is 0. The summed E-state index contributed by atoms with van der Waals surface area (Å²) in [5.74, 6) is 0.816. The van der Waals surface area contributed by atoms with Crippen molar-refractivity contribution in [2.75, 3.05) is 26.8 Å². The van der Waals surface area contributed by atoms with E-state index in [-0.39, 0.29) is 0 Å². The van der Waals surface area contributed by atoms with Gasteiger partial charge in [-0.1, -0.05) is 20.3 Å². The number of rotatable bonds is 10. The molecular weight excluding hydrogens is 284 g/mol. The number of unbranched alkanes of at least 4 members (excludes halogenated alkanes) is 1. The maximum Gasteiger partial charge on any atom is 0.191 e. The Morgan fingerprint density at radius 3 is 2.76 bits per heavy atom. The van der Waals surface area contributed by atoms with Crippen LogP contribution >= 0.6 is 11.3 Å². The number of nitrogens with one attached hydrogen (secondary N) is 2. The summed E-state index contributed by atoms with van der Waals surface area (Å²) in [5, 5.41) is 7.66. The first-order valence-corrected chi connectivity index (χ1v) is 8.57. The zero-order valence-corrected chi connectivity index (χ0v) is 14.3. The van der Waals surface area contributed by atoms with E-state index in [2.05, 4.69) is 34.5 Å². The number of hydrogen-bond acceptors (Lipinski definition) is 4. The van der Waals surface area contributed by atoms with Crippen LogP contribution < -0.4 is 10.6 Å². The first-order valence-electron chi connectivity index (χ1n) is 7.76. The number of ether oxygens (including phenoxy) is 1. The highest BCUT2D eigenvalue weighted by molar-refractivity contribution is 7.11. The predicted molar refractivity (Wildman–Crippen MR) is 90.0 cm³/mol. The van der Waals surface area contributed by atoms with Crippen LogP contribution in [0.25, 0.3) is 0 Å². The molecule has 0 atom stereocenters. The van der Waals surface area contributed by atoms with Crippen molar-refractivity contribution in [2.45, 2.75) is 46.1 Å². The maximum atomic E-state index is 5.53. The third kappa shape index (κ3) is 8.02. The second-order valence-corrected chi connectivity index (χ2v) is 5.95. The predicted octanol–water partition coefficient (Wildman–Crippen LogP) is 2.58. The van der Waals surface area contributed by atoms with Crippen molar-refractivity contribution in [3.8, 4) is 0 Å². The van der Waals surface area contributed by atoms with Crippen LogP contribution in [-0.4, -0.2) is 37.7 Å². The number of aryl methyl sites for hydroxylation is 1. The Bertz CT molecular complexity index is 406. The lowest BCUT2D eigenvalue weighted by Gasteiger charge is -2.10. The number of hydrogen-bond donors (Lipinski definition) is 2. The molecule has 1 rings (SSSR count). The van der Waals surface area contributed by atoms with Crippen molar-refractivity contribution in [1.82, 2.24) is 15.6 Å². The maximum absolute atomic E-state index is 5.53. The highest BCUT2D eigenvalue weighted by Gasteiger charge is 2.02. The molecule has 120 valence electrons. The summed E-state index contributed by atoms with van der Waals surface area (Å²) >= 11 is 1.75. The van der Waals surface area contributed by atoms with Crippen molar-refractivity contribution in [1.29, 1.82) is 0 Å².